The van der Waals surface area contributed by atoms with E-state index in [-0.39, 0.29) is 16.9 Å². The second-order valence-electron chi connectivity index (χ2n) is 8.72. The molecule has 0 unspecified atom stereocenters. The lowest BCUT2D eigenvalue weighted by molar-refractivity contribution is -0.272. The predicted molar refractivity (Wildman–Crippen MR) is 123 cm³/mol. The molecule has 2 aromatic rings. The van der Waals surface area contributed by atoms with E-state index in [1.807, 2.05) is 0 Å². The molecule has 13 heteroatoms. The van der Waals surface area contributed by atoms with Gasteiger partial charge in [0, 0.05) is 42.4 Å². The summed E-state index contributed by atoms with van der Waals surface area (Å²) >= 11 is 0. The molecule has 4 atom stereocenters. The van der Waals surface area contributed by atoms with E-state index in [0.717, 1.165) is 26.2 Å². The van der Waals surface area contributed by atoms with Crippen molar-refractivity contribution >= 4 is 17.5 Å². The normalized spacial score (nSPS) is 23.5. The van der Waals surface area contributed by atoms with Gasteiger partial charge in [-0.25, -0.2) is 4.39 Å². The maximum absolute atomic E-state index is 14.5. The lowest BCUT2D eigenvalue weighted by Crippen LogP contribution is -2.47. The topological polar surface area (TPSA) is 102 Å². The van der Waals surface area contributed by atoms with Crippen molar-refractivity contribution in [3.63, 3.8) is 0 Å². The van der Waals surface area contributed by atoms with E-state index in [0.29, 0.717) is 13.1 Å². The first-order chi connectivity index (χ1) is 17.4. The number of amides is 2. The average Bonchev–Trinajstić information content (AvgIpc) is 3.12. The number of halogens is 5. The van der Waals surface area contributed by atoms with Crippen LogP contribution in [0.5, 0.6) is 5.75 Å². The zero-order valence-electron chi connectivity index (χ0n) is 20.5. The summed E-state index contributed by atoms with van der Waals surface area (Å²) in [6, 6.07) is 4.42. The van der Waals surface area contributed by atoms with Crippen molar-refractivity contribution in [2.24, 2.45) is 5.92 Å². The third-order valence-electron chi connectivity index (χ3n) is 6.49. The van der Waals surface area contributed by atoms with Gasteiger partial charge < -0.3 is 25.4 Å². The van der Waals surface area contributed by atoms with Gasteiger partial charge >= 0.3 is 6.18 Å². The summed E-state index contributed by atoms with van der Waals surface area (Å²) in [6.07, 6.45) is -5.40. The van der Waals surface area contributed by atoms with Crippen LogP contribution in [-0.2, 0) is 9.53 Å². The molecule has 3 N–H and O–H groups in total. The van der Waals surface area contributed by atoms with Crippen LogP contribution < -0.4 is 20.7 Å². The minimum atomic E-state index is -4.89. The maximum atomic E-state index is 14.5. The summed E-state index contributed by atoms with van der Waals surface area (Å²) in [5.74, 6) is -7.53. The first-order valence-corrected chi connectivity index (χ1v) is 11.3. The summed E-state index contributed by atoms with van der Waals surface area (Å²) in [5, 5.41) is 7.92. The summed E-state index contributed by atoms with van der Waals surface area (Å²) in [4.78, 5) is 29.5. The van der Waals surface area contributed by atoms with Gasteiger partial charge in [0.2, 0.25) is 5.82 Å². The van der Waals surface area contributed by atoms with Gasteiger partial charge in [-0.05, 0) is 32.2 Å². The highest BCUT2D eigenvalue weighted by molar-refractivity contribution is 5.97. The number of likely N-dealkylation sites (N-methyl/N-ethyl adjacent to an activating group) is 1. The van der Waals surface area contributed by atoms with Crippen LogP contribution in [0.4, 0.5) is 27.6 Å². The molecule has 1 aromatic carbocycles. The number of rotatable bonds is 8. The predicted octanol–water partition coefficient (Wildman–Crippen LogP) is 3.40. The number of ether oxygens (including phenoxy) is 2. The molecule has 1 saturated heterocycles. The minimum Gasteiger partial charge on any atom is -0.493 e. The second-order valence-corrected chi connectivity index (χ2v) is 8.72. The van der Waals surface area contributed by atoms with Crippen molar-refractivity contribution in [2.45, 2.75) is 37.6 Å². The maximum Gasteiger partial charge on any atom is 0.417 e. The van der Waals surface area contributed by atoms with Crippen LogP contribution >= 0.6 is 0 Å². The molecule has 0 bridgehead atoms. The van der Waals surface area contributed by atoms with E-state index in [1.54, 1.807) is 7.05 Å². The van der Waals surface area contributed by atoms with Gasteiger partial charge in [-0.3, -0.25) is 14.6 Å². The molecule has 2 heterocycles. The first kappa shape index (κ1) is 28.3. The van der Waals surface area contributed by atoms with Gasteiger partial charge in [0.25, 0.3) is 11.8 Å². The molecule has 0 aliphatic carbocycles. The summed E-state index contributed by atoms with van der Waals surface area (Å²) < 4.78 is 80.8. The van der Waals surface area contributed by atoms with Crippen molar-refractivity contribution in [1.29, 1.82) is 0 Å². The molecular weight excluding hydrogens is 503 g/mol. The van der Waals surface area contributed by atoms with Crippen LogP contribution in [0.1, 0.15) is 35.8 Å². The van der Waals surface area contributed by atoms with E-state index in [1.165, 1.54) is 25.3 Å². The first-order valence-electron chi connectivity index (χ1n) is 11.3. The Bertz CT molecular complexity index is 1160. The van der Waals surface area contributed by atoms with Crippen LogP contribution in [0.2, 0.25) is 0 Å². The van der Waals surface area contributed by atoms with Crippen molar-refractivity contribution < 1.29 is 41.0 Å². The Morgan fingerprint density at radius 1 is 1.19 bits per heavy atom. The lowest BCUT2D eigenvalue weighted by Gasteiger charge is -2.32. The highest BCUT2D eigenvalue weighted by atomic mass is 19.4. The number of methoxy groups -OCH3 is 1. The third kappa shape index (κ3) is 5.52. The Morgan fingerprint density at radius 2 is 1.89 bits per heavy atom. The van der Waals surface area contributed by atoms with Crippen molar-refractivity contribution in [1.82, 2.24) is 15.6 Å². The number of alkyl halides is 3. The number of benzene rings is 1. The Balaban J connectivity index is 1.96. The summed E-state index contributed by atoms with van der Waals surface area (Å²) in [6.45, 7) is 2.83. The molecular formula is C24H27F5N4O4. The molecule has 2 amide bonds. The molecule has 202 valence electrons. The molecule has 1 aliphatic heterocycles. The molecule has 0 radical (unpaired) electrons. The largest absolute Gasteiger partial charge is 0.493 e. The van der Waals surface area contributed by atoms with Crippen LogP contribution in [0, 0.1) is 17.6 Å². The van der Waals surface area contributed by atoms with Crippen LogP contribution in [0.25, 0.3) is 0 Å². The molecule has 0 spiro atoms. The van der Waals surface area contributed by atoms with Gasteiger partial charge in [-0.1, -0.05) is 13.0 Å². The fourth-order valence-corrected chi connectivity index (χ4v) is 4.28. The molecule has 8 nitrogen and oxygen atoms in total. The zero-order chi connectivity index (χ0) is 27.5. The Morgan fingerprint density at radius 3 is 2.51 bits per heavy atom. The van der Waals surface area contributed by atoms with Gasteiger partial charge in [0.05, 0.1) is 7.11 Å². The Kier molecular flexibility index (Phi) is 8.38. The number of hydrogen-bond donors (Lipinski definition) is 3. The number of anilines is 1. The van der Waals surface area contributed by atoms with E-state index in [4.69, 9.17) is 9.47 Å². The second kappa shape index (κ2) is 11.0. The highest BCUT2D eigenvalue weighted by Crippen LogP contribution is 2.55. The van der Waals surface area contributed by atoms with Crippen LogP contribution in [-0.4, -0.2) is 61.9 Å². The summed E-state index contributed by atoms with van der Waals surface area (Å²) in [7, 11) is 2.75. The smallest absolute Gasteiger partial charge is 0.417 e. The fourth-order valence-electron chi connectivity index (χ4n) is 4.28. The van der Waals surface area contributed by atoms with E-state index in [2.05, 4.69) is 20.9 Å². The molecule has 1 aliphatic rings. The highest BCUT2D eigenvalue weighted by Gasteiger charge is 2.65. The average molecular weight is 530 g/mol. The number of pyridine rings is 1. The van der Waals surface area contributed by atoms with Crippen LogP contribution in [0.15, 0.2) is 30.5 Å². The van der Waals surface area contributed by atoms with Gasteiger partial charge in [0.15, 0.2) is 17.2 Å². The molecule has 1 aromatic heterocycles. The van der Waals surface area contributed by atoms with Crippen molar-refractivity contribution in [3.8, 4) is 5.75 Å². The van der Waals surface area contributed by atoms with Gasteiger partial charge in [-0.15, -0.1) is 0 Å². The number of nitrogens with zero attached hydrogens (tertiary/aromatic N) is 1. The van der Waals surface area contributed by atoms with E-state index >= 15 is 0 Å². The standard InChI is InChI=1S/C24H27F5N4O4/c1-12-17(14-5-6-15(25)18(26)19(14)36-4)20(37-23(12,2)24(27,28)29)22(35)33-13-7-8-31-16(11-13)21(34)32-10-9-30-3/h5-8,11-12,17,20,30H,9-10H2,1-4H3,(H,32,34)(H,31,33,35)/t12-,17-,20+,23+/m0/s1. The summed E-state index contributed by atoms with van der Waals surface area (Å²) in [5.41, 5.74) is -2.90. The minimum absolute atomic E-state index is 0.0337. The quantitative estimate of drug-likeness (QED) is 0.357. The number of carbonyl (C=O) groups excluding carboxylic acids is 2. The Hall–Kier alpha value is -3.32. The SMILES string of the molecule is CNCCNC(=O)c1cc(NC(=O)[C@@H]2O[C@@](C)(C(F)(F)F)[C@@H](C)[C@H]2c2ccc(F)c(F)c2OC)ccn1. The monoisotopic (exact) mass is 530 g/mol. The lowest BCUT2D eigenvalue weighted by atomic mass is 9.77. The van der Waals surface area contributed by atoms with Crippen molar-refractivity contribution in [2.75, 3.05) is 32.6 Å². The molecule has 0 saturated carbocycles. The number of hydrogen-bond acceptors (Lipinski definition) is 6. The molecule has 37 heavy (non-hydrogen) atoms. The van der Waals surface area contributed by atoms with Crippen LogP contribution in [0.3, 0.4) is 0 Å². The fraction of sp³-hybridized carbons (Fsp3) is 0.458. The number of aromatic nitrogens is 1. The van der Waals surface area contributed by atoms with E-state index < -0.39 is 58.9 Å². The zero-order valence-corrected chi connectivity index (χ0v) is 20.5. The third-order valence-corrected chi connectivity index (χ3v) is 6.49. The van der Waals surface area contributed by atoms with Gasteiger partial charge in [0.1, 0.15) is 11.8 Å². The molecule has 1 fully saturated rings. The number of carbonyl (C=O) groups is 2. The van der Waals surface area contributed by atoms with Gasteiger partial charge in [-0.2, -0.15) is 17.6 Å². The van der Waals surface area contributed by atoms with Crippen molar-refractivity contribution in [3.05, 3.63) is 53.4 Å². The van der Waals surface area contributed by atoms with E-state index in [9.17, 15) is 31.5 Å². The molecule has 3 rings (SSSR count). The Labute approximate surface area is 209 Å². The number of nitrogens with one attached hydrogen (secondary N) is 3.